The van der Waals surface area contributed by atoms with Crippen molar-refractivity contribution in [3.8, 4) is 0 Å². The van der Waals surface area contributed by atoms with E-state index in [0.29, 0.717) is 0 Å². The molecule has 1 aromatic heterocycles. The summed E-state index contributed by atoms with van der Waals surface area (Å²) in [5.41, 5.74) is 3.61. The summed E-state index contributed by atoms with van der Waals surface area (Å²) in [7, 11) is 0. The van der Waals surface area contributed by atoms with Crippen molar-refractivity contribution in [3.05, 3.63) is 30.1 Å². The van der Waals surface area contributed by atoms with Crippen LogP contribution in [-0.4, -0.2) is 9.97 Å². The van der Waals surface area contributed by atoms with E-state index in [9.17, 15) is 0 Å². The highest BCUT2D eigenvalue weighted by atomic mass is 14.9. The van der Waals surface area contributed by atoms with Gasteiger partial charge < -0.3 is 4.98 Å². The number of imidazole rings is 1. The van der Waals surface area contributed by atoms with Gasteiger partial charge in [-0.05, 0) is 18.1 Å². The van der Waals surface area contributed by atoms with Gasteiger partial charge in [-0.1, -0.05) is 25.5 Å². The standard InChI is InChI=1S/C10H12N2/c1-2-4-8-5-3-6-9-10(8)12-7-11-9/h3,5-7H,2,4H2,1H3,(H,11,12). The number of para-hydroxylation sites is 1. The van der Waals surface area contributed by atoms with Crippen LogP contribution in [0.5, 0.6) is 0 Å². The van der Waals surface area contributed by atoms with E-state index in [1.807, 2.05) is 0 Å². The van der Waals surface area contributed by atoms with Gasteiger partial charge in [0, 0.05) is 0 Å². The molecule has 0 unspecified atom stereocenters. The summed E-state index contributed by atoms with van der Waals surface area (Å²) in [6.45, 7) is 2.19. The third-order valence-corrected chi connectivity index (χ3v) is 2.05. The highest BCUT2D eigenvalue weighted by molar-refractivity contribution is 5.78. The molecule has 2 heteroatoms. The van der Waals surface area contributed by atoms with Crippen LogP contribution in [0.1, 0.15) is 18.9 Å². The zero-order chi connectivity index (χ0) is 8.39. The summed E-state index contributed by atoms with van der Waals surface area (Å²) in [4.78, 5) is 7.39. The maximum absolute atomic E-state index is 4.28. The Bertz CT molecular complexity index is 376. The SMILES string of the molecule is CCCc1cccc2[nH]cnc12. The summed E-state index contributed by atoms with van der Waals surface area (Å²) >= 11 is 0. The third kappa shape index (κ3) is 1.09. The molecule has 0 fully saturated rings. The van der Waals surface area contributed by atoms with Gasteiger partial charge in [0.15, 0.2) is 0 Å². The minimum absolute atomic E-state index is 1.11. The van der Waals surface area contributed by atoms with Crippen LogP contribution < -0.4 is 0 Å². The summed E-state index contributed by atoms with van der Waals surface area (Å²) < 4.78 is 0. The van der Waals surface area contributed by atoms with Gasteiger partial charge in [0.05, 0.1) is 17.4 Å². The van der Waals surface area contributed by atoms with Crippen LogP contribution in [0.25, 0.3) is 11.0 Å². The Morgan fingerprint density at radius 1 is 1.42 bits per heavy atom. The van der Waals surface area contributed by atoms with Crippen LogP contribution in [0.3, 0.4) is 0 Å². The lowest BCUT2D eigenvalue weighted by Gasteiger charge is -1.98. The first-order valence-electron chi connectivity index (χ1n) is 4.33. The van der Waals surface area contributed by atoms with Gasteiger partial charge in [-0.15, -0.1) is 0 Å². The largest absolute Gasteiger partial charge is 0.345 e. The fraction of sp³-hybridized carbons (Fsp3) is 0.300. The van der Waals surface area contributed by atoms with E-state index in [4.69, 9.17) is 0 Å². The fourth-order valence-electron chi connectivity index (χ4n) is 1.50. The zero-order valence-electron chi connectivity index (χ0n) is 7.17. The molecule has 62 valence electrons. The van der Waals surface area contributed by atoms with Crippen molar-refractivity contribution in [2.75, 3.05) is 0 Å². The average Bonchev–Trinajstić information content (AvgIpc) is 2.53. The Balaban J connectivity index is 2.57. The molecule has 1 N–H and O–H groups in total. The van der Waals surface area contributed by atoms with Crippen molar-refractivity contribution < 1.29 is 0 Å². The molecule has 2 nitrogen and oxygen atoms in total. The molecule has 0 amide bonds. The van der Waals surface area contributed by atoms with Gasteiger partial charge in [-0.25, -0.2) is 4.98 Å². The normalized spacial score (nSPS) is 10.8. The number of nitrogens with one attached hydrogen (secondary N) is 1. The van der Waals surface area contributed by atoms with Crippen LogP contribution >= 0.6 is 0 Å². The molecule has 1 heterocycles. The molecule has 0 saturated carbocycles. The predicted octanol–water partition coefficient (Wildman–Crippen LogP) is 2.52. The second-order valence-corrected chi connectivity index (χ2v) is 2.97. The van der Waals surface area contributed by atoms with E-state index in [0.717, 1.165) is 17.5 Å². The maximum atomic E-state index is 4.28. The summed E-state index contributed by atoms with van der Waals surface area (Å²) in [5, 5.41) is 0. The van der Waals surface area contributed by atoms with E-state index in [2.05, 4.69) is 35.1 Å². The van der Waals surface area contributed by atoms with Gasteiger partial charge >= 0.3 is 0 Å². The Kier molecular flexibility index (Phi) is 1.82. The lowest BCUT2D eigenvalue weighted by Crippen LogP contribution is -1.84. The van der Waals surface area contributed by atoms with Crippen LogP contribution in [-0.2, 0) is 6.42 Å². The topological polar surface area (TPSA) is 28.7 Å². The molecule has 0 bridgehead atoms. The Morgan fingerprint density at radius 2 is 2.33 bits per heavy atom. The predicted molar refractivity (Wildman–Crippen MR) is 50.1 cm³/mol. The number of benzene rings is 1. The van der Waals surface area contributed by atoms with Crippen molar-refractivity contribution in [3.63, 3.8) is 0 Å². The number of aromatic amines is 1. The average molecular weight is 160 g/mol. The molecule has 0 aliphatic carbocycles. The van der Waals surface area contributed by atoms with Crippen molar-refractivity contribution in [1.82, 2.24) is 9.97 Å². The molecule has 0 aliphatic heterocycles. The van der Waals surface area contributed by atoms with Gasteiger partial charge in [-0.3, -0.25) is 0 Å². The second-order valence-electron chi connectivity index (χ2n) is 2.97. The van der Waals surface area contributed by atoms with Crippen LogP contribution in [0.2, 0.25) is 0 Å². The summed E-state index contributed by atoms with van der Waals surface area (Å²) in [5.74, 6) is 0. The van der Waals surface area contributed by atoms with Gasteiger partial charge in [0.25, 0.3) is 0 Å². The molecule has 1 aromatic carbocycles. The van der Waals surface area contributed by atoms with E-state index in [1.54, 1.807) is 6.33 Å². The Morgan fingerprint density at radius 3 is 3.17 bits per heavy atom. The number of aromatic nitrogens is 2. The monoisotopic (exact) mass is 160 g/mol. The fourth-order valence-corrected chi connectivity index (χ4v) is 1.50. The van der Waals surface area contributed by atoms with Crippen molar-refractivity contribution in [2.45, 2.75) is 19.8 Å². The van der Waals surface area contributed by atoms with E-state index >= 15 is 0 Å². The molecule has 2 aromatic rings. The smallest absolute Gasteiger partial charge is 0.0931 e. The molecule has 2 rings (SSSR count). The summed E-state index contributed by atoms with van der Waals surface area (Å²) in [6, 6.07) is 6.28. The lowest BCUT2D eigenvalue weighted by molar-refractivity contribution is 0.927. The number of rotatable bonds is 2. The number of fused-ring (bicyclic) bond motifs is 1. The zero-order valence-corrected chi connectivity index (χ0v) is 7.17. The minimum atomic E-state index is 1.11. The molecular formula is C10H12N2. The van der Waals surface area contributed by atoms with Crippen molar-refractivity contribution >= 4 is 11.0 Å². The molecule has 0 aliphatic rings. The molecule has 0 radical (unpaired) electrons. The number of nitrogens with zero attached hydrogens (tertiary/aromatic N) is 1. The highest BCUT2D eigenvalue weighted by Gasteiger charge is 2.00. The summed E-state index contributed by atoms with van der Waals surface area (Å²) in [6.07, 6.45) is 4.04. The van der Waals surface area contributed by atoms with Gasteiger partial charge in [0.2, 0.25) is 0 Å². The van der Waals surface area contributed by atoms with E-state index in [1.165, 1.54) is 12.0 Å². The minimum Gasteiger partial charge on any atom is -0.345 e. The quantitative estimate of drug-likeness (QED) is 0.718. The van der Waals surface area contributed by atoms with Crippen molar-refractivity contribution in [2.24, 2.45) is 0 Å². The molecule has 0 spiro atoms. The molecule has 12 heavy (non-hydrogen) atoms. The Labute approximate surface area is 71.6 Å². The highest BCUT2D eigenvalue weighted by Crippen LogP contribution is 2.15. The van der Waals surface area contributed by atoms with E-state index < -0.39 is 0 Å². The van der Waals surface area contributed by atoms with Crippen LogP contribution in [0, 0.1) is 0 Å². The van der Waals surface area contributed by atoms with Gasteiger partial charge in [-0.2, -0.15) is 0 Å². The second kappa shape index (κ2) is 2.97. The van der Waals surface area contributed by atoms with Crippen LogP contribution in [0.15, 0.2) is 24.5 Å². The number of hydrogen-bond acceptors (Lipinski definition) is 1. The first-order valence-corrected chi connectivity index (χ1v) is 4.33. The number of H-pyrrole nitrogens is 1. The van der Waals surface area contributed by atoms with E-state index in [-0.39, 0.29) is 0 Å². The lowest BCUT2D eigenvalue weighted by atomic mass is 10.1. The first-order chi connectivity index (χ1) is 5.92. The number of aryl methyl sites for hydroxylation is 1. The number of hydrogen-bond donors (Lipinski definition) is 1. The molecule has 0 saturated heterocycles. The first kappa shape index (κ1) is 7.35. The van der Waals surface area contributed by atoms with Gasteiger partial charge in [0.1, 0.15) is 0 Å². The maximum Gasteiger partial charge on any atom is 0.0931 e. The van der Waals surface area contributed by atoms with Crippen molar-refractivity contribution in [1.29, 1.82) is 0 Å². The Hall–Kier alpha value is -1.31. The van der Waals surface area contributed by atoms with Crippen LogP contribution in [0.4, 0.5) is 0 Å². The molecular weight excluding hydrogens is 148 g/mol. The third-order valence-electron chi connectivity index (χ3n) is 2.05. The molecule has 0 atom stereocenters.